The Morgan fingerprint density at radius 2 is 1.72 bits per heavy atom. The van der Waals surface area contributed by atoms with Gasteiger partial charge in [-0.1, -0.05) is 19.3 Å². The molecule has 2 aliphatic rings. The Labute approximate surface area is 106 Å². The Morgan fingerprint density at radius 3 is 2.39 bits per heavy atom. The zero-order chi connectivity index (χ0) is 12.8. The zero-order valence-corrected chi connectivity index (χ0v) is 10.4. The zero-order valence-electron chi connectivity index (χ0n) is 10.4. The van der Waals surface area contributed by atoms with E-state index in [-0.39, 0.29) is 5.69 Å². The molecule has 4 heteroatoms. The number of rotatable bonds is 1. The molecule has 0 aromatic heterocycles. The molecule has 2 N–H and O–H groups in total. The summed E-state index contributed by atoms with van der Waals surface area (Å²) in [5.74, 6) is -1.62. The lowest BCUT2D eigenvalue weighted by Gasteiger charge is -2.53. The number of hydrogen-bond acceptors (Lipinski definition) is 2. The van der Waals surface area contributed by atoms with Gasteiger partial charge in [0.25, 0.3) is 0 Å². The van der Waals surface area contributed by atoms with E-state index in [0.29, 0.717) is 11.1 Å². The van der Waals surface area contributed by atoms with E-state index in [2.05, 4.69) is 0 Å². The van der Waals surface area contributed by atoms with Gasteiger partial charge in [-0.25, -0.2) is 8.78 Å². The fourth-order valence-electron chi connectivity index (χ4n) is 3.42. The molecule has 1 aromatic carbocycles. The number of nitrogens with zero attached hydrogens (tertiary/aromatic N) is 1. The third-order valence-corrected chi connectivity index (χ3v) is 4.38. The molecular weight excluding hydrogens is 234 g/mol. The second-order valence-electron chi connectivity index (χ2n) is 5.72. The maximum Gasteiger partial charge on any atom is 0.184 e. The molecule has 0 atom stereocenters. The van der Waals surface area contributed by atoms with E-state index in [1.165, 1.54) is 38.2 Å². The molecule has 98 valence electrons. The Balaban J connectivity index is 1.80. The van der Waals surface area contributed by atoms with Crippen molar-refractivity contribution in [3.05, 3.63) is 23.8 Å². The van der Waals surface area contributed by atoms with E-state index in [1.807, 2.05) is 4.90 Å². The van der Waals surface area contributed by atoms with Crippen molar-refractivity contribution in [2.24, 2.45) is 5.41 Å². The van der Waals surface area contributed by atoms with E-state index in [9.17, 15) is 8.78 Å². The summed E-state index contributed by atoms with van der Waals surface area (Å²) in [5, 5.41) is 0. The SMILES string of the molecule is Nc1ccc(F)c(F)c1N1CC2(CCCCC2)C1. The van der Waals surface area contributed by atoms with Gasteiger partial charge in [0.05, 0.1) is 11.4 Å². The standard InChI is InChI=1S/C14H18F2N2/c15-10-4-5-11(17)13(12(10)16)18-8-14(9-18)6-2-1-3-7-14/h4-5H,1-3,6-9,17H2. The van der Waals surface area contributed by atoms with Gasteiger partial charge in [-0.05, 0) is 25.0 Å². The van der Waals surface area contributed by atoms with Gasteiger partial charge in [0, 0.05) is 18.5 Å². The van der Waals surface area contributed by atoms with Crippen LogP contribution in [-0.2, 0) is 0 Å². The van der Waals surface area contributed by atoms with Gasteiger partial charge < -0.3 is 10.6 Å². The van der Waals surface area contributed by atoms with Gasteiger partial charge in [0.15, 0.2) is 11.6 Å². The number of hydrogen-bond donors (Lipinski definition) is 1. The van der Waals surface area contributed by atoms with E-state index >= 15 is 0 Å². The molecule has 0 unspecified atom stereocenters. The average Bonchev–Trinajstić information content (AvgIpc) is 2.34. The van der Waals surface area contributed by atoms with Crippen LogP contribution in [0.3, 0.4) is 0 Å². The molecular formula is C14H18F2N2. The van der Waals surface area contributed by atoms with Crippen molar-refractivity contribution in [2.45, 2.75) is 32.1 Å². The van der Waals surface area contributed by atoms with Gasteiger partial charge >= 0.3 is 0 Å². The van der Waals surface area contributed by atoms with Crippen LogP contribution in [0.25, 0.3) is 0 Å². The minimum atomic E-state index is -0.816. The second-order valence-corrected chi connectivity index (χ2v) is 5.72. The smallest absolute Gasteiger partial charge is 0.184 e. The summed E-state index contributed by atoms with van der Waals surface area (Å²) in [5.41, 5.74) is 6.70. The molecule has 18 heavy (non-hydrogen) atoms. The Kier molecular flexibility index (Phi) is 2.68. The van der Waals surface area contributed by atoms with Crippen LogP contribution in [0, 0.1) is 17.0 Å². The highest BCUT2D eigenvalue weighted by Gasteiger charge is 2.44. The lowest BCUT2D eigenvalue weighted by Crippen LogP contribution is -2.57. The topological polar surface area (TPSA) is 29.3 Å². The predicted molar refractivity (Wildman–Crippen MR) is 68.5 cm³/mol. The summed E-state index contributed by atoms with van der Waals surface area (Å²) in [6.07, 6.45) is 6.24. The largest absolute Gasteiger partial charge is 0.397 e. The summed E-state index contributed by atoms with van der Waals surface area (Å²) in [4.78, 5) is 1.89. The van der Waals surface area contributed by atoms with Crippen LogP contribution < -0.4 is 10.6 Å². The van der Waals surface area contributed by atoms with Crippen LogP contribution in [0.1, 0.15) is 32.1 Å². The number of anilines is 2. The van der Waals surface area contributed by atoms with Crippen molar-refractivity contribution in [3.63, 3.8) is 0 Å². The van der Waals surface area contributed by atoms with Crippen LogP contribution in [0.5, 0.6) is 0 Å². The number of benzene rings is 1. The lowest BCUT2D eigenvalue weighted by atomic mass is 9.68. The number of nitrogens with two attached hydrogens (primary N) is 1. The van der Waals surface area contributed by atoms with Crippen molar-refractivity contribution in [1.29, 1.82) is 0 Å². The molecule has 3 rings (SSSR count). The Morgan fingerprint density at radius 1 is 1.06 bits per heavy atom. The van der Waals surface area contributed by atoms with Crippen LogP contribution in [0.2, 0.25) is 0 Å². The van der Waals surface area contributed by atoms with Crippen molar-refractivity contribution in [1.82, 2.24) is 0 Å². The summed E-state index contributed by atoms with van der Waals surface area (Å²) >= 11 is 0. The molecule has 1 aromatic rings. The van der Waals surface area contributed by atoms with Gasteiger partial charge in [-0.3, -0.25) is 0 Å². The van der Waals surface area contributed by atoms with E-state index in [0.717, 1.165) is 19.2 Å². The van der Waals surface area contributed by atoms with E-state index in [1.54, 1.807) is 0 Å². The quantitative estimate of drug-likeness (QED) is 0.777. The molecule has 1 spiro atoms. The minimum Gasteiger partial charge on any atom is -0.397 e. The Bertz CT molecular complexity index is 459. The highest BCUT2D eigenvalue weighted by Crippen LogP contribution is 2.47. The first-order valence-corrected chi connectivity index (χ1v) is 6.60. The average molecular weight is 252 g/mol. The van der Waals surface area contributed by atoms with Crippen LogP contribution >= 0.6 is 0 Å². The van der Waals surface area contributed by atoms with Crippen molar-refractivity contribution >= 4 is 11.4 Å². The minimum absolute atomic E-state index is 0.256. The van der Waals surface area contributed by atoms with Gasteiger partial charge in [0.1, 0.15) is 0 Å². The maximum absolute atomic E-state index is 13.8. The summed E-state index contributed by atoms with van der Waals surface area (Å²) in [6.45, 7) is 1.63. The normalized spacial score (nSPS) is 22.0. The number of nitrogen functional groups attached to an aromatic ring is 1. The van der Waals surface area contributed by atoms with Gasteiger partial charge in [0.2, 0.25) is 0 Å². The van der Waals surface area contributed by atoms with Gasteiger partial charge in [-0.2, -0.15) is 0 Å². The fraction of sp³-hybridized carbons (Fsp3) is 0.571. The van der Waals surface area contributed by atoms with Crippen molar-refractivity contribution in [3.8, 4) is 0 Å². The van der Waals surface area contributed by atoms with Gasteiger partial charge in [-0.15, -0.1) is 0 Å². The first kappa shape index (κ1) is 11.8. The molecule has 1 saturated carbocycles. The second kappa shape index (κ2) is 4.11. The van der Waals surface area contributed by atoms with Crippen molar-refractivity contribution in [2.75, 3.05) is 23.7 Å². The molecule has 1 aliphatic carbocycles. The molecule has 0 amide bonds. The first-order chi connectivity index (χ1) is 8.61. The number of halogens is 2. The summed E-state index contributed by atoms with van der Waals surface area (Å²) < 4.78 is 27.0. The molecule has 1 heterocycles. The highest BCUT2D eigenvalue weighted by molar-refractivity contribution is 5.69. The fourth-order valence-corrected chi connectivity index (χ4v) is 3.42. The molecule has 2 nitrogen and oxygen atoms in total. The third-order valence-electron chi connectivity index (χ3n) is 4.38. The molecule has 2 fully saturated rings. The summed E-state index contributed by atoms with van der Waals surface area (Å²) in [7, 11) is 0. The molecule has 0 bridgehead atoms. The molecule has 1 aliphatic heterocycles. The Hall–Kier alpha value is -1.32. The first-order valence-electron chi connectivity index (χ1n) is 6.60. The van der Waals surface area contributed by atoms with E-state index < -0.39 is 11.6 Å². The third kappa shape index (κ3) is 1.74. The van der Waals surface area contributed by atoms with E-state index in [4.69, 9.17) is 5.73 Å². The predicted octanol–water partition coefficient (Wildman–Crippen LogP) is 3.32. The van der Waals surface area contributed by atoms with Crippen molar-refractivity contribution < 1.29 is 8.78 Å². The maximum atomic E-state index is 13.8. The summed E-state index contributed by atoms with van der Waals surface area (Å²) in [6, 6.07) is 2.53. The van der Waals surface area contributed by atoms with Crippen LogP contribution in [-0.4, -0.2) is 13.1 Å². The monoisotopic (exact) mass is 252 g/mol. The molecule has 0 radical (unpaired) electrons. The highest BCUT2D eigenvalue weighted by atomic mass is 19.2. The lowest BCUT2D eigenvalue weighted by molar-refractivity contribution is 0.138. The molecule has 1 saturated heterocycles. The van der Waals surface area contributed by atoms with Crippen LogP contribution in [0.15, 0.2) is 12.1 Å². The van der Waals surface area contributed by atoms with Crippen LogP contribution in [0.4, 0.5) is 20.2 Å².